The Balaban J connectivity index is 1.67. The molecule has 0 bridgehead atoms. The summed E-state index contributed by atoms with van der Waals surface area (Å²) in [6.45, 7) is 5.46. The third-order valence-corrected chi connectivity index (χ3v) is 4.45. The predicted molar refractivity (Wildman–Crippen MR) is 103 cm³/mol. The number of morpholine rings is 1. The van der Waals surface area contributed by atoms with Gasteiger partial charge >= 0.3 is 6.03 Å². The fraction of sp³-hybridized carbons (Fsp3) is 0.316. The van der Waals surface area contributed by atoms with Gasteiger partial charge in [-0.3, -0.25) is 0 Å². The maximum atomic E-state index is 13.6. The van der Waals surface area contributed by atoms with Gasteiger partial charge in [0.15, 0.2) is 0 Å². The number of ether oxygens (including phenoxy) is 1. The van der Waals surface area contributed by atoms with Gasteiger partial charge in [-0.25, -0.2) is 13.6 Å². The first-order valence-electron chi connectivity index (χ1n) is 8.55. The number of benzene rings is 2. The topological polar surface area (TPSA) is 53.6 Å². The van der Waals surface area contributed by atoms with Crippen LogP contribution in [0.25, 0.3) is 0 Å². The van der Waals surface area contributed by atoms with E-state index < -0.39 is 17.7 Å². The molecule has 0 radical (unpaired) electrons. The minimum atomic E-state index is -0.853. The van der Waals surface area contributed by atoms with Crippen molar-refractivity contribution in [3.05, 3.63) is 53.1 Å². The summed E-state index contributed by atoms with van der Waals surface area (Å²) in [6, 6.07) is 7.43. The monoisotopic (exact) mass is 395 g/mol. The Hall–Kier alpha value is -2.38. The molecule has 2 aromatic rings. The van der Waals surface area contributed by atoms with E-state index in [-0.39, 0.29) is 17.9 Å². The van der Waals surface area contributed by atoms with Gasteiger partial charge in [0.05, 0.1) is 28.6 Å². The maximum absolute atomic E-state index is 13.6. The van der Waals surface area contributed by atoms with E-state index in [1.165, 1.54) is 0 Å². The molecule has 144 valence electrons. The van der Waals surface area contributed by atoms with Gasteiger partial charge in [0.25, 0.3) is 0 Å². The van der Waals surface area contributed by atoms with Crippen molar-refractivity contribution >= 4 is 34.7 Å². The third-order valence-electron chi connectivity index (χ3n) is 4.15. The van der Waals surface area contributed by atoms with Crippen molar-refractivity contribution in [1.82, 2.24) is 0 Å². The molecule has 2 amide bonds. The van der Waals surface area contributed by atoms with Crippen molar-refractivity contribution in [3.63, 3.8) is 0 Å². The van der Waals surface area contributed by atoms with Crippen LogP contribution < -0.4 is 15.5 Å². The quantitative estimate of drug-likeness (QED) is 0.779. The van der Waals surface area contributed by atoms with Gasteiger partial charge in [-0.05, 0) is 44.2 Å². The minimum Gasteiger partial charge on any atom is -0.372 e. The van der Waals surface area contributed by atoms with Crippen LogP contribution in [0.2, 0.25) is 5.02 Å². The molecule has 1 aliphatic rings. The number of amides is 2. The molecule has 1 fully saturated rings. The van der Waals surface area contributed by atoms with Crippen molar-refractivity contribution in [2.24, 2.45) is 0 Å². The van der Waals surface area contributed by atoms with Crippen LogP contribution in [0.15, 0.2) is 36.4 Å². The smallest absolute Gasteiger partial charge is 0.323 e. The van der Waals surface area contributed by atoms with Crippen LogP contribution in [0, 0.1) is 11.6 Å². The van der Waals surface area contributed by atoms with E-state index >= 15 is 0 Å². The van der Waals surface area contributed by atoms with Crippen molar-refractivity contribution in [3.8, 4) is 0 Å². The van der Waals surface area contributed by atoms with E-state index in [2.05, 4.69) is 15.5 Å². The minimum absolute atomic E-state index is 0.0963. The summed E-state index contributed by atoms with van der Waals surface area (Å²) in [5, 5.41) is 5.40. The SMILES string of the molecule is C[C@@H]1CN(c2ccc(NC(=O)Nc3ccc(F)cc3F)cc2Cl)C[C@@H](C)O1. The molecule has 5 nitrogen and oxygen atoms in total. The molecule has 1 aliphatic heterocycles. The summed E-state index contributed by atoms with van der Waals surface area (Å²) < 4.78 is 32.3. The van der Waals surface area contributed by atoms with Gasteiger partial charge in [0.2, 0.25) is 0 Å². The zero-order valence-electron chi connectivity index (χ0n) is 14.9. The summed E-state index contributed by atoms with van der Waals surface area (Å²) in [4.78, 5) is 14.2. The van der Waals surface area contributed by atoms with Crippen molar-refractivity contribution in [1.29, 1.82) is 0 Å². The fourth-order valence-corrected chi connectivity index (χ4v) is 3.39. The molecular weight excluding hydrogens is 376 g/mol. The number of nitrogens with zero attached hydrogens (tertiary/aromatic N) is 1. The van der Waals surface area contributed by atoms with Gasteiger partial charge in [-0.2, -0.15) is 0 Å². The Morgan fingerprint density at radius 1 is 1.11 bits per heavy atom. The van der Waals surface area contributed by atoms with Crippen molar-refractivity contribution in [2.75, 3.05) is 28.6 Å². The summed E-state index contributed by atoms with van der Waals surface area (Å²) in [6.07, 6.45) is 0.193. The average Bonchev–Trinajstić information content (AvgIpc) is 2.56. The molecule has 27 heavy (non-hydrogen) atoms. The second-order valence-electron chi connectivity index (χ2n) is 6.53. The molecule has 0 aliphatic carbocycles. The number of hydrogen-bond donors (Lipinski definition) is 2. The number of halogens is 3. The van der Waals surface area contributed by atoms with Crippen LogP contribution in [0.5, 0.6) is 0 Å². The molecule has 1 heterocycles. The van der Waals surface area contributed by atoms with E-state index in [1.807, 2.05) is 19.9 Å². The highest BCUT2D eigenvalue weighted by Crippen LogP contribution is 2.31. The lowest BCUT2D eigenvalue weighted by Gasteiger charge is -2.37. The van der Waals surface area contributed by atoms with E-state index in [0.717, 1.165) is 30.9 Å². The molecule has 1 saturated heterocycles. The summed E-state index contributed by atoms with van der Waals surface area (Å²) in [5.41, 5.74) is 1.19. The Kier molecular flexibility index (Phi) is 5.82. The van der Waals surface area contributed by atoms with Crippen LogP contribution in [0.1, 0.15) is 13.8 Å². The number of urea groups is 1. The van der Waals surface area contributed by atoms with Crippen LogP contribution in [-0.2, 0) is 4.74 Å². The van der Waals surface area contributed by atoms with E-state index in [0.29, 0.717) is 16.8 Å². The summed E-state index contributed by atoms with van der Waals surface area (Å²) in [7, 11) is 0. The second kappa shape index (κ2) is 8.10. The van der Waals surface area contributed by atoms with E-state index in [4.69, 9.17) is 16.3 Å². The molecule has 0 unspecified atom stereocenters. The van der Waals surface area contributed by atoms with E-state index in [1.54, 1.807) is 12.1 Å². The lowest BCUT2D eigenvalue weighted by atomic mass is 10.2. The number of carbonyl (C=O) groups excluding carboxylic acids is 1. The fourth-order valence-electron chi connectivity index (χ4n) is 3.09. The molecule has 3 rings (SSSR count). The Labute approximate surface area is 161 Å². The second-order valence-corrected chi connectivity index (χ2v) is 6.94. The first-order valence-corrected chi connectivity index (χ1v) is 8.92. The molecule has 2 aromatic carbocycles. The maximum Gasteiger partial charge on any atom is 0.323 e. The largest absolute Gasteiger partial charge is 0.372 e. The van der Waals surface area contributed by atoms with Gasteiger partial charge in [0, 0.05) is 24.8 Å². The standard InChI is InChI=1S/C19H20ClF2N3O2/c1-11-9-25(10-12(2)27-11)18-6-4-14(8-15(18)20)23-19(26)24-17-5-3-13(21)7-16(17)22/h3-8,11-12H,9-10H2,1-2H3,(H2,23,24,26)/t11-,12-/m1/s1. The number of rotatable bonds is 3. The van der Waals surface area contributed by atoms with Crippen molar-refractivity contribution in [2.45, 2.75) is 26.1 Å². The Bertz CT molecular complexity index is 840. The van der Waals surface area contributed by atoms with E-state index in [9.17, 15) is 13.6 Å². The molecule has 2 N–H and O–H groups in total. The molecule has 2 atom stereocenters. The molecular formula is C19H20ClF2N3O2. The number of hydrogen-bond acceptors (Lipinski definition) is 3. The summed E-state index contributed by atoms with van der Waals surface area (Å²) >= 11 is 6.39. The van der Waals surface area contributed by atoms with Crippen molar-refractivity contribution < 1.29 is 18.3 Å². The highest BCUT2D eigenvalue weighted by molar-refractivity contribution is 6.33. The third kappa shape index (κ3) is 4.87. The first kappa shape index (κ1) is 19.4. The van der Waals surface area contributed by atoms with Crippen LogP contribution in [0.3, 0.4) is 0 Å². The number of anilines is 3. The van der Waals surface area contributed by atoms with Gasteiger partial charge < -0.3 is 20.3 Å². The lowest BCUT2D eigenvalue weighted by molar-refractivity contribution is -0.00520. The zero-order valence-corrected chi connectivity index (χ0v) is 15.7. The van der Waals surface area contributed by atoms with Gasteiger partial charge in [0.1, 0.15) is 11.6 Å². The highest BCUT2D eigenvalue weighted by atomic mass is 35.5. The zero-order chi connectivity index (χ0) is 19.6. The van der Waals surface area contributed by atoms with Crippen LogP contribution >= 0.6 is 11.6 Å². The predicted octanol–water partition coefficient (Wildman–Crippen LogP) is 4.88. The molecule has 0 aromatic heterocycles. The molecule has 0 spiro atoms. The van der Waals surface area contributed by atoms with Gasteiger partial charge in [-0.1, -0.05) is 11.6 Å². The normalized spacial score (nSPS) is 19.7. The van der Waals surface area contributed by atoms with Crippen LogP contribution in [-0.4, -0.2) is 31.3 Å². The number of carbonyl (C=O) groups is 1. The Morgan fingerprint density at radius 3 is 2.44 bits per heavy atom. The summed E-state index contributed by atoms with van der Waals surface area (Å²) in [5.74, 6) is -1.57. The molecule has 0 saturated carbocycles. The number of nitrogens with one attached hydrogen (secondary N) is 2. The Morgan fingerprint density at radius 2 is 1.81 bits per heavy atom. The first-order chi connectivity index (χ1) is 12.8. The van der Waals surface area contributed by atoms with Gasteiger partial charge in [-0.15, -0.1) is 0 Å². The van der Waals surface area contributed by atoms with Crippen LogP contribution in [0.4, 0.5) is 30.6 Å². The highest BCUT2D eigenvalue weighted by Gasteiger charge is 2.23. The lowest BCUT2D eigenvalue weighted by Crippen LogP contribution is -2.45. The average molecular weight is 396 g/mol. The molecule has 8 heteroatoms.